The second-order valence-electron chi connectivity index (χ2n) is 4.62. The minimum Gasteiger partial charge on any atom is -0.353 e. The highest BCUT2D eigenvalue weighted by atomic mass is 16.2. The molecule has 8 heteroatoms. The van der Waals surface area contributed by atoms with Gasteiger partial charge in [-0.25, -0.2) is 9.78 Å². The van der Waals surface area contributed by atoms with E-state index in [2.05, 4.69) is 20.2 Å². The molecule has 1 atom stereocenters. The van der Waals surface area contributed by atoms with Gasteiger partial charge in [-0.1, -0.05) is 0 Å². The Bertz CT molecular complexity index is 472. The van der Waals surface area contributed by atoms with Crippen LogP contribution in [-0.4, -0.2) is 59.0 Å². The first kappa shape index (κ1) is 14.2. The fraction of sp³-hybridized carbons (Fsp3) is 0.500. The summed E-state index contributed by atoms with van der Waals surface area (Å²) in [5, 5.41) is 2.11. The molecule has 1 fully saturated rings. The largest absolute Gasteiger partial charge is 0.353 e. The van der Waals surface area contributed by atoms with Crippen LogP contribution in [0.2, 0.25) is 0 Å². The number of imide groups is 1. The van der Waals surface area contributed by atoms with Crippen molar-refractivity contribution < 1.29 is 9.59 Å². The molecule has 2 heterocycles. The topological polar surface area (TPSA) is 104 Å². The zero-order valence-electron chi connectivity index (χ0n) is 11.3. The van der Waals surface area contributed by atoms with Crippen molar-refractivity contribution in [1.29, 1.82) is 0 Å². The molecular weight excluding hydrogens is 260 g/mol. The molecule has 1 aliphatic rings. The molecule has 0 aliphatic carbocycles. The van der Waals surface area contributed by atoms with Gasteiger partial charge in [0.15, 0.2) is 0 Å². The van der Waals surface area contributed by atoms with E-state index in [1.807, 2.05) is 4.90 Å². The molecule has 1 aromatic heterocycles. The predicted octanol–water partition coefficient (Wildman–Crippen LogP) is -0.818. The van der Waals surface area contributed by atoms with Gasteiger partial charge in [-0.05, 0) is 6.92 Å². The van der Waals surface area contributed by atoms with E-state index in [9.17, 15) is 9.59 Å². The van der Waals surface area contributed by atoms with Crippen molar-refractivity contribution in [2.45, 2.75) is 13.0 Å². The lowest BCUT2D eigenvalue weighted by Gasteiger charge is -2.37. The van der Waals surface area contributed by atoms with Crippen molar-refractivity contribution in [3.05, 3.63) is 18.6 Å². The second-order valence-corrected chi connectivity index (χ2v) is 4.62. The van der Waals surface area contributed by atoms with E-state index >= 15 is 0 Å². The minimum absolute atomic E-state index is 0.370. The monoisotopic (exact) mass is 278 g/mol. The number of carbonyl (C=O) groups excluding carboxylic acids is 2. The molecule has 3 N–H and O–H groups in total. The Balaban J connectivity index is 1.88. The first-order valence-corrected chi connectivity index (χ1v) is 6.43. The Morgan fingerprint density at radius 1 is 1.30 bits per heavy atom. The number of nitrogens with one attached hydrogen (secondary N) is 1. The summed E-state index contributed by atoms with van der Waals surface area (Å²) in [5.74, 6) is 0.465. The van der Waals surface area contributed by atoms with Crippen molar-refractivity contribution in [3.63, 3.8) is 0 Å². The fourth-order valence-corrected chi connectivity index (χ4v) is 2.18. The van der Waals surface area contributed by atoms with E-state index in [1.165, 1.54) is 0 Å². The van der Waals surface area contributed by atoms with Crippen molar-refractivity contribution in [3.8, 4) is 0 Å². The van der Waals surface area contributed by atoms with Crippen molar-refractivity contribution in [2.75, 3.05) is 31.1 Å². The summed E-state index contributed by atoms with van der Waals surface area (Å²) >= 11 is 0. The third-order valence-electron chi connectivity index (χ3n) is 3.36. The average Bonchev–Trinajstić information content (AvgIpc) is 2.47. The van der Waals surface area contributed by atoms with Crippen molar-refractivity contribution in [2.24, 2.45) is 5.73 Å². The van der Waals surface area contributed by atoms with Gasteiger partial charge in [0.25, 0.3) is 0 Å². The zero-order valence-corrected chi connectivity index (χ0v) is 11.3. The summed E-state index contributed by atoms with van der Waals surface area (Å²) in [7, 11) is 0. The van der Waals surface area contributed by atoms with Gasteiger partial charge >= 0.3 is 6.03 Å². The average molecular weight is 278 g/mol. The van der Waals surface area contributed by atoms with Gasteiger partial charge in [0, 0.05) is 38.6 Å². The maximum absolute atomic E-state index is 11.7. The zero-order chi connectivity index (χ0) is 14.5. The molecule has 0 aromatic carbocycles. The quantitative estimate of drug-likeness (QED) is 0.748. The summed E-state index contributed by atoms with van der Waals surface area (Å²) in [6.45, 7) is 4.70. The first-order valence-electron chi connectivity index (χ1n) is 6.43. The van der Waals surface area contributed by atoms with Crippen LogP contribution in [0.4, 0.5) is 10.6 Å². The number of nitrogens with zero attached hydrogens (tertiary/aromatic N) is 4. The van der Waals surface area contributed by atoms with Crippen molar-refractivity contribution in [1.82, 2.24) is 20.2 Å². The van der Waals surface area contributed by atoms with E-state index in [0.717, 1.165) is 18.9 Å². The highest BCUT2D eigenvalue weighted by Crippen LogP contribution is 2.13. The Kier molecular flexibility index (Phi) is 4.46. The van der Waals surface area contributed by atoms with Crippen LogP contribution in [0.25, 0.3) is 0 Å². The van der Waals surface area contributed by atoms with E-state index in [1.54, 1.807) is 25.5 Å². The molecule has 0 bridgehead atoms. The van der Waals surface area contributed by atoms with Gasteiger partial charge in [0.05, 0.1) is 12.2 Å². The molecule has 0 saturated carbocycles. The molecule has 20 heavy (non-hydrogen) atoms. The van der Waals surface area contributed by atoms with Crippen molar-refractivity contribution >= 4 is 17.8 Å². The van der Waals surface area contributed by atoms with Gasteiger partial charge < -0.3 is 10.6 Å². The molecule has 1 aromatic rings. The molecule has 0 radical (unpaired) electrons. The third-order valence-corrected chi connectivity index (χ3v) is 3.36. The number of hydrogen-bond donors (Lipinski definition) is 2. The lowest BCUT2D eigenvalue weighted by Crippen LogP contribution is -2.55. The smallest absolute Gasteiger partial charge is 0.318 e. The van der Waals surface area contributed by atoms with E-state index in [0.29, 0.717) is 13.1 Å². The Hall–Kier alpha value is -2.22. The predicted molar refractivity (Wildman–Crippen MR) is 73.0 cm³/mol. The highest BCUT2D eigenvalue weighted by molar-refractivity contribution is 5.96. The number of piperazine rings is 1. The number of primary amides is 1. The molecule has 1 saturated heterocycles. The molecule has 1 unspecified atom stereocenters. The first-order chi connectivity index (χ1) is 9.58. The van der Waals surface area contributed by atoms with Gasteiger partial charge in [0.2, 0.25) is 5.91 Å². The van der Waals surface area contributed by atoms with Gasteiger partial charge in [-0.2, -0.15) is 0 Å². The van der Waals surface area contributed by atoms with Crippen LogP contribution in [0.15, 0.2) is 18.6 Å². The van der Waals surface area contributed by atoms with Crippen LogP contribution < -0.4 is 16.0 Å². The third kappa shape index (κ3) is 3.41. The fourth-order valence-electron chi connectivity index (χ4n) is 2.18. The highest BCUT2D eigenvalue weighted by Gasteiger charge is 2.26. The van der Waals surface area contributed by atoms with E-state index in [4.69, 9.17) is 5.73 Å². The molecule has 2 rings (SSSR count). The van der Waals surface area contributed by atoms with Crippen LogP contribution in [0.5, 0.6) is 0 Å². The van der Waals surface area contributed by atoms with Gasteiger partial charge in [-0.15, -0.1) is 0 Å². The number of anilines is 1. The second kappa shape index (κ2) is 6.29. The standard InChI is InChI=1S/C12H18N6O2/c1-9(11(19)16-12(13)20)17-4-6-18(7-5-17)10-8-14-2-3-15-10/h2-3,8-9H,4-7H2,1H3,(H3,13,16,19,20). The van der Waals surface area contributed by atoms with Crippen LogP contribution in [-0.2, 0) is 4.79 Å². The lowest BCUT2D eigenvalue weighted by molar-refractivity contribution is -0.124. The number of carbonyl (C=O) groups is 2. The molecule has 0 spiro atoms. The number of aromatic nitrogens is 2. The van der Waals surface area contributed by atoms with Gasteiger partial charge in [-0.3, -0.25) is 20.0 Å². The Morgan fingerprint density at radius 3 is 2.55 bits per heavy atom. The Morgan fingerprint density at radius 2 is 2.00 bits per heavy atom. The summed E-state index contributed by atoms with van der Waals surface area (Å²) in [6.07, 6.45) is 5.01. The SMILES string of the molecule is CC(C(=O)NC(N)=O)N1CCN(c2cnccn2)CC1. The van der Waals surface area contributed by atoms with Crippen LogP contribution >= 0.6 is 0 Å². The number of rotatable bonds is 3. The lowest BCUT2D eigenvalue weighted by atomic mass is 10.2. The normalized spacial score (nSPS) is 17.6. The molecule has 8 nitrogen and oxygen atoms in total. The summed E-state index contributed by atoms with van der Waals surface area (Å²) in [6, 6.07) is -1.20. The molecule has 1 aliphatic heterocycles. The molecule has 108 valence electrons. The maximum atomic E-state index is 11.7. The number of amides is 3. The number of nitrogens with two attached hydrogens (primary N) is 1. The van der Waals surface area contributed by atoms with Crippen LogP contribution in [0, 0.1) is 0 Å². The van der Waals surface area contributed by atoms with E-state index < -0.39 is 6.03 Å². The summed E-state index contributed by atoms with van der Waals surface area (Å²) in [5.41, 5.74) is 4.95. The molecular formula is C12H18N6O2. The summed E-state index contributed by atoms with van der Waals surface area (Å²) < 4.78 is 0. The Labute approximate surface area is 117 Å². The summed E-state index contributed by atoms with van der Waals surface area (Å²) in [4.78, 5) is 34.8. The number of hydrogen-bond acceptors (Lipinski definition) is 6. The van der Waals surface area contributed by atoms with E-state index in [-0.39, 0.29) is 11.9 Å². The minimum atomic E-state index is -0.819. The van der Waals surface area contributed by atoms with Gasteiger partial charge in [0.1, 0.15) is 5.82 Å². The van der Waals surface area contributed by atoms with Crippen LogP contribution in [0.3, 0.4) is 0 Å². The number of urea groups is 1. The maximum Gasteiger partial charge on any atom is 0.318 e. The molecule has 3 amide bonds. The van der Waals surface area contributed by atoms with Crippen LogP contribution in [0.1, 0.15) is 6.92 Å².